The van der Waals surface area contributed by atoms with Crippen molar-refractivity contribution in [1.82, 2.24) is 58.5 Å². The summed E-state index contributed by atoms with van der Waals surface area (Å²) in [5.74, 6) is -12.9. The van der Waals surface area contributed by atoms with Crippen molar-refractivity contribution in [2.45, 2.75) is 206 Å². The van der Waals surface area contributed by atoms with Crippen LogP contribution in [0, 0.1) is 23.7 Å². The van der Waals surface area contributed by atoms with Crippen molar-refractivity contribution in [1.29, 1.82) is 0 Å². The number of carbonyl (C=O) groups is 12. The third-order valence-corrected chi connectivity index (χ3v) is 15.7. The smallest absolute Gasteiger partial charge is 0.329 e. The van der Waals surface area contributed by atoms with Gasteiger partial charge in [0.25, 0.3) is 0 Å². The molecule has 28 nitrogen and oxygen atoms in total. The number of aliphatic hydroxyl groups excluding tert-OH is 2. The first-order valence-corrected chi connectivity index (χ1v) is 29.8. The number of cyclic esters (lactones) is 1. The molecule has 0 saturated carbocycles. The summed E-state index contributed by atoms with van der Waals surface area (Å²) < 4.78 is 5.71. The number of amides is 11. The third-order valence-electron chi connectivity index (χ3n) is 15.7. The van der Waals surface area contributed by atoms with Crippen molar-refractivity contribution in [2.75, 3.05) is 26.8 Å². The Morgan fingerprint density at radius 3 is 1.55 bits per heavy atom. The maximum absolute atomic E-state index is 14.4. The van der Waals surface area contributed by atoms with Gasteiger partial charge in [-0.15, -0.1) is 0 Å². The van der Waals surface area contributed by atoms with Gasteiger partial charge in [-0.1, -0.05) is 111 Å². The fraction of sp³-hybridized carbons (Fsp3) is 0.690. The van der Waals surface area contributed by atoms with Crippen LogP contribution in [0.25, 0.3) is 0 Å². The first-order chi connectivity index (χ1) is 40.7. The highest BCUT2D eigenvalue weighted by Crippen LogP contribution is 2.17. The molecular formula is C58H97N13O15. The summed E-state index contributed by atoms with van der Waals surface area (Å²) in [5, 5.41) is 49.4. The predicted octanol–water partition coefficient (Wildman–Crippen LogP) is -2.81. The van der Waals surface area contributed by atoms with E-state index < -0.39 is 193 Å². The number of likely N-dealkylation sites (N-methyl/N-ethyl adjacent to an activating group) is 1. The van der Waals surface area contributed by atoms with E-state index in [2.05, 4.69) is 58.5 Å². The van der Waals surface area contributed by atoms with Crippen LogP contribution in [0.1, 0.15) is 133 Å². The summed E-state index contributed by atoms with van der Waals surface area (Å²) in [4.78, 5) is 165. The third kappa shape index (κ3) is 23.5. The topological polar surface area (TPSA) is 439 Å². The summed E-state index contributed by atoms with van der Waals surface area (Å²) in [6.45, 7) is 14.5. The number of carbonyl (C=O) groups excluding carboxylic acids is 12. The van der Waals surface area contributed by atoms with E-state index in [0.29, 0.717) is 38.6 Å². The van der Waals surface area contributed by atoms with Gasteiger partial charge in [-0.3, -0.25) is 52.7 Å². The number of ether oxygens (including phenoxy) is 1. The van der Waals surface area contributed by atoms with Gasteiger partial charge in [0.1, 0.15) is 66.5 Å². The van der Waals surface area contributed by atoms with Crippen LogP contribution < -0.4 is 70.0 Å². The van der Waals surface area contributed by atoms with Crippen LogP contribution in [0.15, 0.2) is 30.3 Å². The van der Waals surface area contributed by atoms with E-state index >= 15 is 0 Å². The van der Waals surface area contributed by atoms with Crippen LogP contribution in [0.2, 0.25) is 0 Å². The van der Waals surface area contributed by atoms with Gasteiger partial charge >= 0.3 is 5.97 Å². The van der Waals surface area contributed by atoms with Crippen LogP contribution in [-0.4, -0.2) is 181 Å². The maximum atomic E-state index is 14.4. The van der Waals surface area contributed by atoms with Crippen LogP contribution in [-0.2, 0) is 68.7 Å². The molecule has 1 saturated heterocycles. The highest BCUT2D eigenvalue weighted by molar-refractivity contribution is 5.99. The van der Waals surface area contributed by atoms with E-state index in [9.17, 15) is 67.7 Å². The zero-order valence-electron chi connectivity index (χ0n) is 51.7. The molecule has 1 aliphatic rings. The van der Waals surface area contributed by atoms with Crippen molar-refractivity contribution in [3.63, 3.8) is 0 Å². The number of nitrogens with two attached hydrogens (primary N) is 2. The van der Waals surface area contributed by atoms with Crippen molar-refractivity contribution < 1.29 is 72.5 Å². The normalized spacial score (nSPS) is 21.3. The SMILES string of the molecule is CC[C@@H](C)[C@@H](NC(=O)[C@@H](CCC(N)=O)NC(=O)[C@H](CO)NC(=O)[C@@H](NC(=O)[C@@H](Cc1ccccc1)NC)[C@@H](C)CC)C(=O)N[C@H](C(=O)N[C@@H](CO)C(=O)N[C@H]1C(=O)N[C@@H](C)C(=O)N[C@H](CCCCN)C(=O)N[C@@H]([C@@H](C)CC)C(=O)O[C@H]1C)[C@@H](C)CC. The first-order valence-electron chi connectivity index (χ1n) is 29.8. The Kier molecular flexibility index (Phi) is 33.0. The largest absolute Gasteiger partial charge is 0.458 e. The molecule has 0 spiro atoms. The van der Waals surface area contributed by atoms with Gasteiger partial charge in [0.15, 0.2) is 0 Å². The van der Waals surface area contributed by atoms with Gasteiger partial charge in [0.2, 0.25) is 65.0 Å². The number of rotatable bonds is 34. The second-order valence-corrected chi connectivity index (χ2v) is 22.3. The van der Waals surface area contributed by atoms with Crippen molar-refractivity contribution in [2.24, 2.45) is 35.1 Å². The molecule has 11 amide bonds. The Hall–Kier alpha value is -7.30. The molecule has 1 aliphatic heterocycles. The average molecular weight is 1220 g/mol. The zero-order valence-corrected chi connectivity index (χ0v) is 51.7. The van der Waals surface area contributed by atoms with E-state index in [1.807, 2.05) is 30.3 Å². The van der Waals surface area contributed by atoms with Gasteiger partial charge in [0, 0.05) is 6.42 Å². The van der Waals surface area contributed by atoms with E-state index in [4.69, 9.17) is 16.2 Å². The monoisotopic (exact) mass is 1220 g/mol. The van der Waals surface area contributed by atoms with Crippen LogP contribution in [0.4, 0.5) is 0 Å². The van der Waals surface area contributed by atoms with E-state index in [0.717, 1.165) is 5.56 Å². The molecule has 2 rings (SSSR count). The second-order valence-electron chi connectivity index (χ2n) is 22.3. The number of esters is 1. The number of hydrogen-bond donors (Lipinski definition) is 15. The molecule has 1 aromatic carbocycles. The fourth-order valence-electron chi connectivity index (χ4n) is 9.10. The molecule has 1 heterocycles. The summed E-state index contributed by atoms with van der Waals surface area (Å²) >= 11 is 0. The summed E-state index contributed by atoms with van der Waals surface area (Å²) in [5.41, 5.74) is 12.0. The lowest BCUT2D eigenvalue weighted by Crippen LogP contribution is -2.63. The first kappa shape index (κ1) is 74.8. The van der Waals surface area contributed by atoms with Gasteiger partial charge in [-0.25, -0.2) is 4.79 Å². The summed E-state index contributed by atoms with van der Waals surface area (Å²) in [6, 6.07) is -6.09. The number of hydrogen-bond acceptors (Lipinski definition) is 17. The summed E-state index contributed by atoms with van der Waals surface area (Å²) in [6.07, 6.45) is 0.483. The molecule has 16 atom stereocenters. The maximum Gasteiger partial charge on any atom is 0.329 e. The van der Waals surface area contributed by atoms with E-state index in [1.165, 1.54) is 13.8 Å². The minimum atomic E-state index is -1.81. The Bertz CT molecular complexity index is 2440. The van der Waals surface area contributed by atoms with Crippen molar-refractivity contribution >= 4 is 70.9 Å². The van der Waals surface area contributed by atoms with E-state index in [1.54, 1.807) is 62.4 Å². The lowest BCUT2D eigenvalue weighted by atomic mass is 9.94. The number of benzene rings is 1. The number of nitrogens with one attached hydrogen (secondary N) is 11. The molecule has 17 N–H and O–H groups in total. The lowest BCUT2D eigenvalue weighted by Gasteiger charge is -2.31. The molecule has 484 valence electrons. The number of primary amides is 1. The highest BCUT2D eigenvalue weighted by Gasteiger charge is 2.41. The zero-order chi connectivity index (χ0) is 65.0. The number of aliphatic hydroxyl groups is 2. The Balaban J connectivity index is 2.40. The highest BCUT2D eigenvalue weighted by atomic mass is 16.5. The quantitative estimate of drug-likeness (QED) is 0.0245. The Morgan fingerprint density at radius 1 is 0.593 bits per heavy atom. The molecule has 0 bridgehead atoms. The van der Waals surface area contributed by atoms with Crippen molar-refractivity contribution in [3.8, 4) is 0 Å². The molecule has 1 aromatic rings. The molecule has 0 aromatic heterocycles. The van der Waals surface area contributed by atoms with Gasteiger partial charge in [-0.2, -0.15) is 0 Å². The van der Waals surface area contributed by atoms with Crippen LogP contribution >= 0.6 is 0 Å². The minimum absolute atomic E-state index is 0.163. The predicted molar refractivity (Wildman–Crippen MR) is 317 cm³/mol. The standard InChI is InChI=1S/C58H97N13O15/c1-12-30(5)43(68-51(78)39(61-11)27-36-21-17-16-18-22-36)54(81)65-40(28-72)52(79)64-38(24-25-42(60)74)50(77)67-45(32(7)14-3)56(83)69-44(31(6)13-2)55(82)66-41(29-73)53(80)71-47-35(10)86-58(85)46(33(8)15-4)70-49(76)37(23-19-20-26-59)63-48(75)34(9)62-57(47)84/h16-18,21-22,30-35,37-41,43-47,61,72-73H,12-15,19-20,23-29,59H2,1-11H3,(H2,60,74)(H,62,84)(H,63,75)(H,64,79)(H,65,81)(H,66,82)(H,67,77)(H,68,78)(H,69,83)(H,70,76)(H,71,80)/t30-,31-,32+,33-,34-,35-,37+,38+,39+,40-,41-,43-,44-,45+,46-,47+/m0/s1. The Morgan fingerprint density at radius 2 is 1.07 bits per heavy atom. The molecule has 0 unspecified atom stereocenters. The minimum Gasteiger partial charge on any atom is -0.458 e. The fourth-order valence-corrected chi connectivity index (χ4v) is 9.10. The van der Waals surface area contributed by atoms with E-state index in [-0.39, 0.29) is 19.3 Å². The summed E-state index contributed by atoms with van der Waals surface area (Å²) in [7, 11) is 1.60. The van der Waals surface area contributed by atoms with Gasteiger partial charge in [-0.05, 0) is 88.8 Å². The van der Waals surface area contributed by atoms with Crippen molar-refractivity contribution in [3.05, 3.63) is 35.9 Å². The molecule has 0 radical (unpaired) electrons. The average Bonchev–Trinajstić information content (AvgIpc) is 3.36. The van der Waals surface area contributed by atoms with Gasteiger partial charge in [0.05, 0.1) is 19.3 Å². The van der Waals surface area contributed by atoms with Crippen LogP contribution in [0.3, 0.4) is 0 Å². The van der Waals surface area contributed by atoms with Gasteiger partial charge < -0.3 is 84.9 Å². The number of unbranched alkanes of at least 4 members (excludes halogenated alkanes) is 1. The Labute approximate surface area is 504 Å². The molecule has 86 heavy (non-hydrogen) atoms. The molecule has 28 heteroatoms. The lowest BCUT2D eigenvalue weighted by molar-refractivity contribution is -0.157. The second kappa shape index (κ2) is 38.0. The molecule has 1 fully saturated rings. The molecule has 0 aliphatic carbocycles. The van der Waals surface area contributed by atoms with Crippen LogP contribution in [0.5, 0.6) is 0 Å². The molecular weight excluding hydrogens is 1120 g/mol.